The SMILES string of the molecule is CC(C)[C@@H](NC(=O)NC1CCCCC1)C(=O)NCc1ccco1. The molecule has 1 atom stereocenters. The Morgan fingerprint density at radius 2 is 2.00 bits per heavy atom. The Labute approximate surface area is 137 Å². The Morgan fingerprint density at radius 3 is 2.61 bits per heavy atom. The molecule has 1 aromatic rings. The number of rotatable bonds is 6. The summed E-state index contributed by atoms with van der Waals surface area (Å²) < 4.78 is 5.19. The van der Waals surface area contributed by atoms with Gasteiger partial charge in [0.1, 0.15) is 11.8 Å². The molecule has 1 heterocycles. The van der Waals surface area contributed by atoms with Gasteiger partial charge in [-0.1, -0.05) is 33.1 Å². The molecule has 0 saturated heterocycles. The maximum absolute atomic E-state index is 12.3. The number of carbonyl (C=O) groups excluding carboxylic acids is 2. The van der Waals surface area contributed by atoms with E-state index < -0.39 is 6.04 Å². The highest BCUT2D eigenvalue weighted by Gasteiger charge is 2.25. The summed E-state index contributed by atoms with van der Waals surface area (Å²) in [5.74, 6) is 0.492. The first-order chi connectivity index (χ1) is 11.1. The van der Waals surface area contributed by atoms with Gasteiger partial charge in [-0.05, 0) is 30.9 Å². The van der Waals surface area contributed by atoms with Crippen molar-refractivity contribution in [2.45, 2.75) is 64.6 Å². The number of hydrogen-bond acceptors (Lipinski definition) is 3. The fourth-order valence-electron chi connectivity index (χ4n) is 2.85. The van der Waals surface area contributed by atoms with Gasteiger partial charge < -0.3 is 20.4 Å². The molecule has 1 fully saturated rings. The second-order valence-electron chi connectivity index (χ2n) is 6.47. The molecule has 0 unspecified atom stereocenters. The lowest BCUT2D eigenvalue weighted by Crippen LogP contribution is -2.54. The Morgan fingerprint density at radius 1 is 1.26 bits per heavy atom. The van der Waals surface area contributed by atoms with E-state index in [9.17, 15) is 9.59 Å². The molecule has 6 heteroatoms. The number of furan rings is 1. The van der Waals surface area contributed by atoms with Crippen molar-refractivity contribution in [3.8, 4) is 0 Å². The standard InChI is InChI=1S/C17H27N3O3/c1-12(2)15(16(21)18-11-14-9-6-10-23-14)20-17(22)19-13-7-4-3-5-8-13/h6,9-10,12-13,15H,3-5,7-8,11H2,1-2H3,(H,18,21)(H2,19,20,22)/t15-/m1/s1. The summed E-state index contributed by atoms with van der Waals surface area (Å²) in [5, 5.41) is 8.58. The van der Waals surface area contributed by atoms with Crippen molar-refractivity contribution >= 4 is 11.9 Å². The fraction of sp³-hybridized carbons (Fsp3) is 0.647. The molecule has 23 heavy (non-hydrogen) atoms. The Kier molecular flexibility index (Phi) is 6.50. The minimum absolute atomic E-state index is 0.00343. The summed E-state index contributed by atoms with van der Waals surface area (Å²) in [7, 11) is 0. The van der Waals surface area contributed by atoms with Crippen LogP contribution in [0.3, 0.4) is 0 Å². The molecule has 0 spiro atoms. The number of hydrogen-bond donors (Lipinski definition) is 3. The van der Waals surface area contributed by atoms with E-state index in [0.29, 0.717) is 12.3 Å². The summed E-state index contributed by atoms with van der Waals surface area (Å²) in [6, 6.07) is 2.98. The largest absolute Gasteiger partial charge is 0.467 e. The molecule has 0 aliphatic heterocycles. The van der Waals surface area contributed by atoms with Gasteiger partial charge in [-0.2, -0.15) is 0 Å². The second kappa shape index (κ2) is 8.60. The summed E-state index contributed by atoms with van der Waals surface area (Å²) in [6.45, 7) is 4.15. The molecule has 0 radical (unpaired) electrons. The molecule has 6 nitrogen and oxygen atoms in total. The zero-order chi connectivity index (χ0) is 16.7. The number of urea groups is 1. The van der Waals surface area contributed by atoms with E-state index in [1.54, 1.807) is 18.4 Å². The molecule has 3 amide bonds. The summed E-state index contributed by atoms with van der Waals surface area (Å²) in [4.78, 5) is 24.5. The first-order valence-corrected chi connectivity index (χ1v) is 8.43. The highest BCUT2D eigenvalue weighted by atomic mass is 16.3. The number of amides is 3. The van der Waals surface area contributed by atoms with Crippen LogP contribution in [-0.2, 0) is 11.3 Å². The van der Waals surface area contributed by atoms with E-state index in [4.69, 9.17) is 4.42 Å². The van der Waals surface area contributed by atoms with E-state index in [1.807, 2.05) is 13.8 Å². The molecule has 2 rings (SSSR count). The third-order valence-electron chi connectivity index (χ3n) is 4.19. The lowest BCUT2D eigenvalue weighted by molar-refractivity contribution is -0.124. The van der Waals surface area contributed by atoms with Gasteiger partial charge in [0.15, 0.2) is 0 Å². The molecule has 1 aromatic heterocycles. The second-order valence-corrected chi connectivity index (χ2v) is 6.47. The molecular formula is C17H27N3O3. The van der Waals surface area contributed by atoms with Gasteiger partial charge in [-0.3, -0.25) is 4.79 Å². The lowest BCUT2D eigenvalue weighted by atomic mass is 9.96. The first kappa shape index (κ1) is 17.4. The number of carbonyl (C=O) groups is 2. The summed E-state index contributed by atoms with van der Waals surface area (Å²) in [6.07, 6.45) is 7.15. The van der Waals surface area contributed by atoms with Crippen LogP contribution in [0.25, 0.3) is 0 Å². The van der Waals surface area contributed by atoms with Crippen molar-refractivity contribution in [2.75, 3.05) is 0 Å². The quantitative estimate of drug-likeness (QED) is 0.753. The Balaban J connectivity index is 1.81. The normalized spacial score (nSPS) is 16.8. The zero-order valence-corrected chi connectivity index (χ0v) is 13.9. The monoisotopic (exact) mass is 321 g/mol. The van der Waals surface area contributed by atoms with Gasteiger partial charge >= 0.3 is 6.03 Å². The van der Waals surface area contributed by atoms with Gasteiger partial charge in [0, 0.05) is 6.04 Å². The average Bonchev–Trinajstić information content (AvgIpc) is 3.04. The Bertz CT molecular complexity index is 493. The van der Waals surface area contributed by atoms with Crippen molar-refractivity contribution in [2.24, 2.45) is 5.92 Å². The topological polar surface area (TPSA) is 83.4 Å². The van der Waals surface area contributed by atoms with E-state index in [2.05, 4.69) is 16.0 Å². The van der Waals surface area contributed by atoms with Gasteiger partial charge in [0.25, 0.3) is 0 Å². The van der Waals surface area contributed by atoms with Gasteiger partial charge in [0.2, 0.25) is 5.91 Å². The van der Waals surface area contributed by atoms with Crippen molar-refractivity contribution < 1.29 is 14.0 Å². The van der Waals surface area contributed by atoms with E-state index in [-0.39, 0.29) is 23.9 Å². The zero-order valence-electron chi connectivity index (χ0n) is 13.9. The predicted octanol–water partition coefficient (Wildman–Crippen LogP) is 2.55. The molecule has 1 saturated carbocycles. The summed E-state index contributed by atoms with van der Waals surface area (Å²) >= 11 is 0. The van der Waals surface area contributed by atoms with Crippen LogP contribution in [0.2, 0.25) is 0 Å². The van der Waals surface area contributed by atoms with E-state index in [1.165, 1.54) is 6.42 Å². The van der Waals surface area contributed by atoms with Crippen LogP contribution in [0.5, 0.6) is 0 Å². The first-order valence-electron chi connectivity index (χ1n) is 8.43. The molecule has 0 aromatic carbocycles. The van der Waals surface area contributed by atoms with Crippen LogP contribution in [0.4, 0.5) is 4.79 Å². The third-order valence-corrected chi connectivity index (χ3v) is 4.19. The van der Waals surface area contributed by atoms with Crippen molar-refractivity contribution in [3.05, 3.63) is 24.2 Å². The maximum Gasteiger partial charge on any atom is 0.315 e. The van der Waals surface area contributed by atoms with Gasteiger partial charge in [0.05, 0.1) is 12.8 Å². The Hall–Kier alpha value is -1.98. The molecular weight excluding hydrogens is 294 g/mol. The molecule has 128 valence electrons. The highest BCUT2D eigenvalue weighted by Crippen LogP contribution is 2.17. The highest BCUT2D eigenvalue weighted by molar-refractivity contribution is 5.87. The van der Waals surface area contributed by atoms with Crippen LogP contribution in [-0.4, -0.2) is 24.0 Å². The average molecular weight is 321 g/mol. The van der Waals surface area contributed by atoms with E-state index >= 15 is 0 Å². The van der Waals surface area contributed by atoms with E-state index in [0.717, 1.165) is 25.7 Å². The molecule has 3 N–H and O–H groups in total. The van der Waals surface area contributed by atoms with Crippen molar-refractivity contribution in [3.63, 3.8) is 0 Å². The van der Waals surface area contributed by atoms with Gasteiger partial charge in [-0.25, -0.2) is 4.79 Å². The van der Waals surface area contributed by atoms with Crippen LogP contribution in [0.1, 0.15) is 51.7 Å². The molecule has 0 bridgehead atoms. The minimum atomic E-state index is -0.562. The van der Waals surface area contributed by atoms with Crippen LogP contribution in [0, 0.1) is 5.92 Å². The van der Waals surface area contributed by atoms with Crippen molar-refractivity contribution in [1.29, 1.82) is 0 Å². The number of nitrogens with one attached hydrogen (secondary N) is 3. The maximum atomic E-state index is 12.3. The molecule has 1 aliphatic carbocycles. The lowest BCUT2D eigenvalue weighted by Gasteiger charge is -2.26. The van der Waals surface area contributed by atoms with Crippen LogP contribution >= 0.6 is 0 Å². The summed E-state index contributed by atoms with van der Waals surface area (Å²) in [5.41, 5.74) is 0. The van der Waals surface area contributed by atoms with Crippen molar-refractivity contribution in [1.82, 2.24) is 16.0 Å². The third kappa shape index (κ3) is 5.62. The fourth-order valence-corrected chi connectivity index (χ4v) is 2.85. The van der Waals surface area contributed by atoms with Crippen LogP contribution in [0.15, 0.2) is 22.8 Å². The van der Waals surface area contributed by atoms with Gasteiger partial charge in [-0.15, -0.1) is 0 Å². The minimum Gasteiger partial charge on any atom is -0.467 e. The van der Waals surface area contributed by atoms with Crippen LogP contribution < -0.4 is 16.0 Å². The smallest absolute Gasteiger partial charge is 0.315 e. The molecule has 1 aliphatic rings. The predicted molar refractivity (Wildman–Crippen MR) is 87.7 cm³/mol.